The molecule has 0 bridgehead atoms. The minimum absolute atomic E-state index is 0.250. The van der Waals surface area contributed by atoms with Crippen molar-refractivity contribution >= 4 is 22.7 Å². The monoisotopic (exact) mass is 235 g/mol. The van der Waals surface area contributed by atoms with Crippen LogP contribution in [0.2, 0.25) is 0 Å². The first-order chi connectivity index (χ1) is 7.68. The van der Waals surface area contributed by atoms with Crippen molar-refractivity contribution in [3.05, 3.63) is 30.0 Å². The first-order valence-corrected chi connectivity index (χ1v) is 6.58. The second kappa shape index (κ2) is 4.89. The summed E-state index contributed by atoms with van der Waals surface area (Å²) in [5.74, 6) is 1.91. The first-order valence-electron chi connectivity index (χ1n) is 5.42. The van der Waals surface area contributed by atoms with Gasteiger partial charge in [-0.15, -0.1) is 0 Å². The summed E-state index contributed by atoms with van der Waals surface area (Å²) < 4.78 is 1.94. The molecule has 0 radical (unpaired) electrons. The molecule has 2 aromatic rings. The molecular weight excluding hydrogens is 218 g/mol. The molecule has 0 fully saturated rings. The minimum Gasteiger partial charge on any atom is -0.327 e. The highest BCUT2D eigenvalue weighted by atomic mass is 32.2. The maximum absolute atomic E-state index is 5.73. The number of nitrogens with zero attached hydrogens (tertiary/aromatic N) is 2. The molecule has 16 heavy (non-hydrogen) atoms. The maximum Gasteiger partial charge on any atom is 0.0802 e. The van der Waals surface area contributed by atoms with Crippen LogP contribution in [-0.2, 0) is 12.8 Å². The molecule has 0 aliphatic carbocycles. The van der Waals surface area contributed by atoms with Gasteiger partial charge in [-0.05, 0) is 13.0 Å². The number of benzene rings is 1. The number of hydrogen-bond acceptors (Lipinski definition) is 3. The highest BCUT2D eigenvalue weighted by Gasteiger charge is 2.07. The van der Waals surface area contributed by atoms with Crippen LogP contribution in [0.5, 0.6) is 0 Å². The lowest BCUT2D eigenvalue weighted by Crippen LogP contribution is -2.17. The zero-order chi connectivity index (χ0) is 11.5. The molecule has 0 saturated heterocycles. The largest absolute Gasteiger partial charge is 0.327 e. The second-order valence-corrected chi connectivity index (χ2v) is 5.11. The van der Waals surface area contributed by atoms with Gasteiger partial charge in [0, 0.05) is 30.0 Å². The lowest BCUT2D eigenvalue weighted by molar-refractivity contribution is 0.780. The van der Waals surface area contributed by atoms with E-state index >= 15 is 0 Å². The quantitative estimate of drug-likeness (QED) is 0.883. The molecule has 1 unspecified atom stereocenters. The molecule has 1 atom stereocenters. The van der Waals surface area contributed by atoms with E-state index in [0.717, 1.165) is 17.2 Å². The number of nitrogens with two attached hydrogens (primary N) is 1. The van der Waals surface area contributed by atoms with Crippen LogP contribution in [0, 0.1) is 0 Å². The minimum atomic E-state index is 0.250. The molecule has 0 spiro atoms. The fraction of sp³-hybridized carbons (Fsp3) is 0.417. The smallest absolute Gasteiger partial charge is 0.0802 e. The van der Waals surface area contributed by atoms with Crippen molar-refractivity contribution in [2.75, 3.05) is 5.75 Å². The number of rotatable bonds is 4. The average molecular weight is 235 g/mol. The zero-order valence-corrected chi connectivity index (χ0v) is 10.5. The van der Waals surface area contributed by atoms with E-state index in [4.69, 9.17) is 5.73 Å². The van der Waals surface area contributed by atoms with E-state index in [9.17, 15) is 0 Å². The Morgan fingerprint density at radius 3 is 2.94 bits per heavy atom. The van der Waals surface area contributed by atoms with Gasteiger partial charge in [-0.1, -0.05) is 18.2 Å². The molecule has 0 saturated carbocycles. The Morgan fingerprint density at radius 2 is 2.19 bits per heavy atom. The fourth-order valence-electron chi connectivity index (χ4n) is 1.74. The molecular formula is C12H17N3S. The van der Waals surface area contributed by atoms with Gasteiger partial charge in [-0.3, -0.25) is 4.68 Å². The van der Waals surface area contributed by atoms with E-state index in [0.29, 0.717) is 0 Å². The summed E-state index contributed by atoms with van der Waals surface area (Å²) in [6, 6.07) is 8.58. The molecule has 1 heterocycles. The summed E-state index contributed by atoms with van der Waals surface area (Å²) >= 11 is 1.84. The summed E-state index contributed by atoms with van der Waals surface area (Å²) in [6.45, 7) is 2.03. The molecule has 0 amide bonds. The third kappa shape index (κ3) is 2.39. The molecule has 2 N–H and O–H groups in total. The first kappa shape index (κ1) is 11.5. The van der Waals surface area contributed by atoms with E-state index < -0.39 is 0 Å². The van der Waals surface area contributed by atoms with Crippen LogP contribution in [0.25, 0.3) is 10.9 Å². The van der Waals surface area contributed by atoms with E-state index in [2.05, 4.69) is 23.3 Å². The average Bonchev–Trinajstić information content (AvgIpc) is 2.57. The Morgan fingerprint density at radius 1 is 1.44 bits per heavy atom. The Kier molecular flexibility index (Phi) is 3.51. The van der Waals surface area contributed by atoms with Crippen molar-refractivity contribution < 1.29 is 0 Å². The van der Waals surface area contributed by atoms with Crippen LogP contribution in [0.3, 0.4) is 0 Å². The predicted molar refractivity (Wildman–Crippen MR) is 70.5 cm³/mol. The zero-order valence-electron chi connectivity index (χ0n) is 9.68. The Hall–Kier alpha value is -1.00. The van der Waals surface area contributed by atoms with Crippen molar-refractivity contribution in [1.82, 2.24) is 9.78 Å². The molecule has 1 aromatic carbocycles. The Labute approximate surface area is 100 Å². The van der Waals surface area contributed by atoms with Crippen LogP contribution in [0.15, 0.2) is 24.3 Å². The van der Waals surface area contributed by atoms with Crippen LogP contribution in [0.4, 0.5) is 0 Å². The Balaban J connectivity index is 2.18. The lowest BCUT2D eigenvalue weighted by Gasteiger charge is -2.02. The van der Waals surface area contributed by atoms with Crippen LogP contribution < -0.4 is 5.73 Å². The van der Waals surface area contributed by atoms with Gasteiger partial charge in [0.25, 0.3) is 0 Å². The van der Waals surface area contributed by atoms with E-state index in [1.54, 1.807) is 0 Å². The van der Waals surface area contributed by atoms with Gasteiger partial charge in [-0.25, -0.2) is 0 Å². The van der Waals surface area contributed by atoms with Gasteiger partial charge >= 0.3 is 0 Å². The lowest BCUT2D eigenvalue weighted by atomic mass is 10.2. The van der Waals surface area contributed by atoms with Crippen molar-refractivity contribution in [2.24, 2.45) is 12.8 Å². The maximum atomic E-state index is 5.73. The molecule has 3 nitrogen and oxygen atoms in total. The fourth-order valence-corrected chi connectivity index (χ4v) is 2.63. The van der Waals surface area contributed by atoms with Gasteiger partial charge in [0.2, 0.25) is 0 Å². The van der Waals surface area contributed by atoms with Crippen LogP contribution in [-0.4, -0.2) is 21.6 Å². The number of thioether (sulfide) groups is 1. The van der Waals surface area contributed by atoms with Crippen LogP contribution in [0.1, 0.15) is 12.6 Å². The van der Waals surface area contributed by atoms with Crippen molar-refractivity contribution in [3.63, 3.8) is 0 Å². The third-order valence-electron chi connectivity index (χ3n) is 2.45. The summed E-state index contributed by atoms with van der Waals surface area (Å²) in [5, 5.41) is 5.79. The third-order valence-corrected chi connectivity index (χ3v) is 3.69. The van der Waals surface area contributed by atoms with Gasteiger partial charge in [-0.2, -0.15) is 16.9 Å². The summed E-state index contributed by atoms with van der Waals surface area (Å²) in [4.78, 5) is 0. The van der Waals surface area contributed by atoms with Gasteiger partial charge in [0.1, 0.15) is 0 Å². The molecule has 0 aliphatic heterocycles. The second-order valence-electron chi connectivity index (χ2n) is 4.08. The van der Waals surface area contributed by atoms with Crippen molar-refractivity contribution in [3.8, 4) is 0 Å². The van der Waals surface area contributed by atoms with E-state index in [1.165, 1.54) is 10.9 Å². The SMILES string of the molecule is CC(N)CSCc1nn(C)c2ccccc12. The number of fused-ring (bicyclic) bond motifs is 1. The molecule has 1 aromatic heterocycles. The van der Waals surface area contributed by atoms with Crippen LogP contribution >= 0.6 is 11.8 Å². The number of aromatic nitrogens is 2. The van der Waals surface area contributed by atoms with Gasteiger partial charge < -0.3 is 5.73 Å². The summed E-state index contributed by atoms with van der Waals surface area (Å²) in [5.41, 5.74) is 8.08. The number of para-hydroxylation sites is 1. The molecule has 0 aliphatic rings. The van der Waals surface area contributed by atoms with E-state index in [-0.39, 0.29) is 6.04 Å². The highest BCUT2D eigenvalue weighted by molar-refractivity contribution is 7.98. The summed E-state index contributed by atoms with van der Waals surface area (Å²) in [7, 11) is 1.99. The highest BCUT2D eigenvalue weighted by Crippen LogP contribution is 2.21. The van der Waals surface area contributed by atoms with Gasteiger partial charge in [0.15, 0.2) is 0 Å². The molecule has 4 heteroatoms. The molecule has 86 valence electrons. The topological polar surface area (TPSA) is 43.8 Å². The normalized spacial score (nSPS) is 13.2. The number of hydrogen-bond donors (Lipinski definition) is 1. The van der Waals surface area contributed by atoms with Gasteiger partial charge in [0.05, 0.1) is 11.2 Å². The summed E-state index contributed by atoms with van der Waals surface area (Å²) in [6.07, 6.45) is 0. The Bertz CT molecular complexity index is 476. The molecule has 2 rings (SSSR count). The van der Waals surface area contributed by atoms with Crippen molar-refractivity contribution in [2.45, 2.75) is 18.7 Å². The standard InChI is InChI=1S/C12H17N3S/c1-9(13)7-16-8-11-10-5-3-4-6-12(10)15(2)14-11/h3-6,9H,7-8,13H2,1-2H3. The number of aryl methyl sites for hydroxylation is 1. The van der Waals surface area contributed by atoms with E-state index in [1.807, 2.05) is 36.5 Å². The predicted octanol–water partition coefficient (Wildman–Crippen LogP) is 2.15. The van der Waals surface area contributed by atoms with Crippen molar-refractivity contribution in [1.29, 1.82) is 0 Å².